The highest BCUT2D eigenvalue weighted by Gasteiger charge is 2.20. The molecule has 2 atom stereocenters. The SMILES string of the molecule is COC(=O)CC(NC(C)c1ccc(I)cc1)c1cccs1. The molecule has 1 aromatic carbocycles. The van der Waals surface area contributed by atoms with E-state index in [1.807, 2.05) is 17.5 Å². The number of nitrogens with one attached hydrogen (secondary N) is 1. The molecule has 112 valence electrons. The van der Waals surface area contributed by atoms with Crippen LogP contribution in [0.3, 0.4) is 0 Å². The molecule has 5 heteroatoms. The summed E-state index contributed by atoms with van der Waals surface area (Å²) >= 11 is 3.95. The van der Waals surface area contributed by atoms with Crippen molar-refractivity contribution in [1.29, 1.82) is 0 Å². The molecule has 0 saturated heterocycles. The number of thiophene rings is 1. The van der Waals surface area contributed by atoms with Crippen LogP contribution in [0, 0.1) is 3.57 Å². The quantitative estimate of drug-likeness (QED) is 0.565. The molecule has 0 saturated carbocycles. The summed E-state index contributed by atoms with van der Waals surface area (Å²) in [5.41, 5.74) is 1.21. The van der Waals surface area contributed by atoms with E-state index in [0.717, 1.165) is 4.88 Å². The van der Waals surface area contributed by atoms with Crippen molar-refractivity contribution in [3.8, 4) is 0 Å². The molecule has 3 nitrogen and oxygen atoms in total. The van der Waals surface area contributed by atoms with Crippen LogP contribution in [-0.2, 0) is 9.53 Å². The number of halogens is 1. The predicted molar refractivity (Wildman–Crippen MR) is 94.4 cm³/mol. The van der Waals surface area contributed by atoms with E-state index >= 15 is 0 Å². The maximum atomic E-state index is 11.6. The molecule has 21 heavy (non-hydrogen) atoms. The standard InChI is InChI=1S/C16H18INO2S/c1-11(12-5-7-13(17)8-6-12)18-14(10-16(19)20-2)15-4-3-9-21-15/h3-9,11,14,18H,10H2,1-2H3. The summed E-state index contributed by atoms with van der Waals surface area (Å²) in [6.07, 6.45) is 0.339. The lowest BCUT2D eigenvalue weighted by Crippen LogP contribution is -2.26. The van der Waals surface area contributed by atoms with Gasteiger partial charge in [-0.3, -0.25) is 4.79 Å². The summed E-state index contributed by atoms with van der Waals surface area (Å²) in [6, 6.07) is 12.6. The highest BCUT2D eigenvalue weighted by atomic mass is 127. The summed E-state index contributed by atoms with van der Waals surface area (Å²) in [5, 5.41) is 5.55. The maximum Gasteiger partial charge on any atom is 0.307 e. The van der Waals surface area contributed by atoms with Crippen molar-refractivity contribution in [3.05, 3.63) is 55.8 Å². The number of benzene rings is 1. The van der Waals surface area contributed by atoms with E-state index in [4.69, 9.17) is 4.74 Å². The third-order valence-electron chi connectivity index (χ3n) is 3.31. The number of methoxy groups -OCH3 is 1. The lowest BCUT2D eigenvalue weighted by atomic mass is 10.1. The monoisotopic (exact) mass is 415 g/mol. The average Bonchev–Trinajstić information content (AvgIpc) is 3.01. The first-order valence-electron chi connectivity index (χ1n) is 6.72. The van der Waals surface area contributed by atoms with Gasteiger partial charge >= 0.3 is 5.97 Å². The number of carbonyl (C=O) groups excluding carboxylic acids is 1. The summed E-state index contributed by atoms with van der Waals surface area (Å²) in [7, 11) is 1.43. The van der Waals surface area contributed by atoms with Crippen molar-refractivity contribution in [2.45, 2.75) is 25.4 Å². The number of ether oxygens (including phenoxy) is 1. The van der Waals surface area contributed by atoms with Crippen LogP contribution in [0.5, 0.6) is 0 Å². The Kier molecular flexibility index (Phi) is 6.20. The van der Waals surface area contributed by atoms with Gasteiger partial charge in [-0.25, -0.2) is 0 Å². The Morgan fingerprint density at radius 1 is 1.33 bits per heavy atom. The van der Waals surface area contributed by atoms with E-state index in [1.54, 1.807) is 11.3 Å². The molecule has 0 aliphatic heterocycles. The number of esters is 1. The molecule has 0 amide bonds. The molecule has 2 aromatic rings. The van der Waals surface area contributed by atoms with Crippen molar-refractivity contribution < 1.29 is 9.53 Å². The van der Waals surface area contributed by atoms with Gasteiger partial charge in [0.15, 0.2) is 0 Å². The Labute approximate surface area is 142 Å². The number of hydrogen-bond acceptors (Lipinski definition) is 4. The normalized spacial score (nSPS) is 13.7. The van der Waals surface area contributed by atoms with Crippen LogP contribution in [0.1, 0.15) is 35.9 Å². The molecule has 2 rings (SSSR count). The van der Waals surface area contributed by atoms with Crippen LogP contribution in [0.4, 0.5) is 0 Å². The van der Waals surface area contributed by atoms with Crippen LogP contribution in [0.15, 0.2) is 41.8 Å². The Hall–Kier alpha value is -0.920. The van der Waals surface area contributed by atoms with Gasteiger partial charge in [-0.15, -0.1) is 11.3 Å². The Balaban J connectivity index is 2.10. The maximum absolute atomic E-state index is 11.6. The Morgan fingerprint density at radius 2 is 2.05 bits per heavy atom. The van der Waals surface area contributed by atoms with Crippen LogP contribution < -0.4 is 5.32 Å². The second kappa shape index (κ2) is 7.91. The van der Waals surface area contributed by atoms with Crippen molar-refractivity contribution in [2.75, 3.05) is 7.11 Å². The number of hydrogen-bond donors (Lipinski definition) is 1. The minimum Gasteiger partial charge on any atom is -0.469 e. The first-order valence-corrected chi connectivity index (χ1v) is 8.67. The van der Waals surface area contributed by atoms with Gasteiger partial charge in [0, 0.05) is 14.5 Å². The molecule has 1 N–H and O–H groups in total. The number of rotatable bonds is 6. The first-order chi connectivity index (χ1) is 10.1. The smallest absolute Gasteiger partial charge is 0.307 e. The van der Waals surface area contributed by atoms with Crippen LogP contribution in [0.2, 0.25) is 0 Å². The Bertz CT molecular complexity index is 568. The third kappa shape index (κ3) is 4.79. The molecular formula is C16H18INO2S. The minimum atomic E-state index is -0.198. The molecule has 0 aliphatic carbocycles. The van der Waals surface area contributed by atoms with Gasteiger partial charge in [-0.1, -0.05) is 18.2 Å². The lowest BCUT2D eigenvalue weighted by molar-refractivity contribution is -0.141. The fraction of sp³-hybridized carbons (Fsp3) is 0.312. The van der Waals surface area contributed by atoms with E-state index in [2.05, 4.69) is 59.1 Å². The molecule has 1 heterocycles. The fourth-order valence-electron chi connectivity index (χ4n) is 2.13. The molecular weight excluding hydrogens is 397 g/mol. The molecule has 1 aromatic heterocycles. The third-order valence-corrected chi connectivity index (χ3v) is 5.01. The van der Waals surface area contributed by atoms with Crippen molar-refractivity contribution >= 4 is 39.9 Å². The zero-order chi connectivity index (χ0) is 15.2. The van der Waals surface area contributed by atoms with E-state index in [-0.39, 0.29) is 18.1 Å². The zero-order valence-corrected chi connectivity index (χ0v) is 15.0. The van der Waals surface area contributed by atoms with E-state index in [1.165, 1.54) is 16.2 Å². The average molecular weight is 415 g/mol. The fourth-order valence-corrected chi connectivity index (χ4v) is 3.28. The summed E-state index contributed by atoms with van der Waals surface area (Å²) in [5.74, 6) is -0.198. The van der Waals surface area contributed by atoms with Crippen LogP contribution in [-0.4, -0.2) is 13.1 Å². The van der Waals surface area contributed by atoms with Crippen molar-refractivity contribution in [2.24, 2.45) is 0 Å². The van der Waals surface area contributed by atoms with Crippen molar-refractivity contribution in [3.63, 3.8) is 0 Å². The van der Waals surface area contributed by atoms with E-state index in [0.29, 0.717) is 6.42 Å². The van der Waals surface area contributed by atoms with E-state index < -0.39 is 0 Å². The molecule has 2 unspecified atom stereocenters. The minimum absolute atomic E-state index is 0.0215. The van der Waals surface area contributed by atoms with Gasteiger partial charge in [-0.05, 0) is 58.7 Å². The highest BCUT2D eigenvalue weighted by Crippen LogP contribution is 2.26. The zero-order valence-electron chi connectivity index (χ0n) is 12.0. The second-order valence-corrected chi connectivity index (χ2v) is 7.01. The van der Waals surface area contributed by atoms with Crippen LogP contribution >= 0.6 is 33.9 Å². The topological polar surface area (TPSA) is 38.3 Å². The largest absolute Gasteiger partial charge is 0.469 e. The van der Waals surface area contributed by atoms with Gasteiger partial charge in [0.2, 0.25) is 0 Å². The highest BCUT2D eigenvalue weighted by molar-refractivity contribution is 14.1. The van der Waals surface area contributed by atoms with Gasteiger partial charge in [0.05, 0.1) is 19.6 Å². The van der Waals surface area contributed by atoms with Gasteiger partial charge < -0.3 is 10.1 Å². The predicted octanol–water partition coefficient (Wildman–Crippen LogP) is 4.31. The molecule has 0 radical (unpaired) electrons. The van der Waals surface area contributed by atoms with Crippen molar-refractivity contribution in [1.82, 2.24) is 5.32 Å². The van der Waals surface area contributed by atoms with Gasteiger partial charge in [0.25, 0.3) is 0 Å². The second-order valence-electron chi connectivity index (χ2n) is 4.79. The summed E-state index contributed by atoms with van der Waals surface area (Å²) in [6.45, 7) is 2.11. The van der Waals surface area contributed by atoms with Gasteiger partial charge in [0.1, 0.15) is 0 Å². The molecule has 0 fully saturated rings. The number of carbonyl (C=O) groups is 1. The Morgan fingerprint density at radius 3 is 2.62 bits per heavy atom. The lowest BCUT2D eigenvalue weighted by Gasteiger charge is -2.22. The summed E-state index contributed by atoms with van der Waals surface area (Å²) < 4.78 is 6.02. The summed E-state index contributed by atoms with van der Waals surface area (Å²) in [4.78, 5) is 12.8. The molecule has 0 bridgehead atoms. The van der Waals surface area contributed by atoms with E-state index in [9.17, 15) is 4.79 Å². The first kappa shape index (κ1) is 16.5. The van der Waals surface area contributed by atoms with Crippen LogP contribution in [0.25, 0.3) is 0 Å². The van der Waals surface area contributed by atoms with Gasteiger partial charge in [-0.2, -0.15) is 0 Å². The molecule has 0 spiro atoms. The molecule has 0 aliphatic rings.